The maximum absolute atomic E-state index is 5.69. The van der Waals surface area contributed by atoms with Crippen molar-refractivity contribution in [3.8, 4) is 0 Å². The molecule has 3 heteroatoms. The molecule has 0 saturated heterocycles. The Hall–Kier alpha value is 0.390. The molecule has 1 aromatic rings. The highest BCUT2D eigenvalue weighted by atomic mass is 127. The van der Waals surface area contributed by atoms with Crippen LogP contribution in [0, 0.1) is 0 Å². The average molecular weight is 369 g/mol. The summed E-state index contributed by atoms with van der Waals surface area (Å²) >= 11 is 5.78. The van der Waals surface area contributed by atoms with E-state index in [9.17, 15) is 0 Å². The topological polar surface area (TPSA) is 9.23 Å². The molecule has 0 spiro atoms. The van der Waals surface area contributed by atoms with Gasteiger partial charge < -0.3 is 4.74 Å². The average Bonchev–Trinajstić information content (AvgIpc) is 2.19. The summed E-state index contributed by atoms with van der Waals surface area (Å²) in [4.78, 5) is 0. The van der Waals surface area contributed by atoms with Crippen molar-refractivity contribution in [3.05, 3.63) is 34.3 Å². The molecule has 0 amide bonds. The zero-order valence-electron chi connectivity index (χ0n) is 8.17. The van der Waals surface area contributed by atoms with Gasteiger partial charge in [0.1, 0.15) is 0 Å². The summed E-state index contributed by atoms with van der Waals surface area (Å²) in [6.07, 6.45) is 1.33. The van der Waals surface area contributed by atoms with Crippen LogP contribution >= 0.6 is 38.5 Å². The fraction of sp³-hybridized carbons (Fsp3) is 0.455. The zero-order valence-corrected chi connectivity index (χ0v) is 11.9. The van der Waals surface area contributed by atoms with Crippen LogP contribution in [0.4, 0.5) is 0 Å². The van der Waals surface area contributed by atoms with E-state index in [2.05, 4.69) is 57.6 Å². The van der Waals surface area contributed by atoms with Crippen molar-refractivity contribution in [2.45, 2.75) is 19.4 Å². The standard InChI is InChI=1S/C11H14BrIO/c1-9(14-8-2-7-13)10-3-5-11(12)6-4-10/h3-6,9H,2,7-8H2,1H3. The molecule has 1 rings (SSSR count). The van der Waals surface area contributed by atoms with Gasteiger partial charge in [-0.25, -0.2) is 0 Å². The van der Waals surface area contributed by atoms with Gasteiger partial charge in [-0.15, -0.1) is 0 Å². The molecule has 0 radical (unpaired) electrons. The maximum Gasteiger partial charge on any atom is 0.0796 e. The summed E-state index contributed by atoms with van der Waals surface area (Å²) in [7, 11) is 0. The number of ether oxygens (including phenoxy) is 1. The lowest BCUT2D eigenvalue weighted by Gasteiger charge is -2.12. The molecule has 1 nitrogen and oxygen atoms in total. The number of hydrogen-bond acceptors (Lipinski definition) is 1. The van der Waals surface area contributed by atoms with Crippen LogP contribution < -0.4 is 0 Å². The van der Waals surface area contributed by atoms with Crippen molar-refractivity contribution in [2.75, 3.05) is 11.0 Å². The molecule has 14 heavy (non-hydrogen) atoms. The lowest BCUT2D eigenvalue weighted by molar-refractivity contribution is 0.0671. The first-order chi connectivity index (χ1) is 6.74. The second kappa shape index (κ2) is 6.80. The molecule has 0 aromatic heterocycles. The molecular formula is C11H14BrIO. The molecule has 0 bridgehead atoms. The molecule has 0 heterocycles. The highest BCUT2D eigenvalue weighted by Gasteiger charge is 2.04. The maximum atomic E-state index is 5.69. The largest absolute Gasteiger partial charge is 0.374 e. The number of alkyl halides is 1. The first-order valence-electron chi connectivity index (χ1n) is 4.67. The summed E-state index contributed by atoms with van der Waals surface area (Å²) in [5, 5.41) is 0. The van der Waals surface area contributed by atoms with E-state index < -0.39 is 0 Å². The summed E-state index contributed by atoms with van der Waals surface area (Å²) in [5.41, 5.74) is 1.24. The van der Waals surface area contributed by atoms with Crippen molar-refractivity contribution in [1.82, 2.24) is 0 Å². The van der Waals surface area contributed by atoms with E-state index in [1.54, 1.807) is 0 Å². The second-order valence-corrected chi connectivity index (χ2v) is 5.10. The highest BCUT2D eigenvalue weighted by Crippen LogP contribution is 2.19. The molecule has 0 N–H and O–H groups in total. The molecule has 1 atom stereocenters. The Morgan fingerprint density at radius 3 is 2.57 bits per heavy atom. The van der Waals surface area contributed by atoms with Gasteiger partial charge in [0.15, 0.2) is 0 Å². The molecule has 0 aliphatic heterocycles. The normalized spacial score (nSPS) is 12.8. The first-order valence-corrected chi connectivity index (χ1v) is 6.99. The molecule has 0 aliphatic carbocycles. The zero-order chi connectivity index (χ0) is 10.4. The summed E-state index contributed by atoms with van der Waals surface area (Å²) in [6, 6.07) is 8.29. The van der Waals surface area contributed by atoms with Crippen LogP contribution in [0.1, 0.15) is 25.0 Å². The Morgan fingerprint density at radius 1 is 1.36 bits per heavy atom. The van der Waals surface area contributed by atoms with Crippen LogP contribution in [0.15, 0.2) is 28.7 Å². The predicted octanol–water partition coefficient (Wildman–Crippen LogP) is 4.35. The van der Waals surface area contributed by atoms with Crippen molar-refractivity contribution in [1.29, 1.82) is 0 Å². The summed E-state index contributed by atoms with van der Waals surface area (Å²) < 4.78 is 7.96. The van der Waals surface area contributed by atoms with Gasteiger partial charge in [0, 0.05) is 15.5 Å². The van der Waals surface area contributed by atoms with Crippen molar-refractivity contribution < 1.29 is 4.74 Å². The Morgan fingerprint density at radius 2 is 2.00 bits per heavy atom. The fourth-order valence-corrected chi connectivity index (χ4v) is 1.72. The third-order valence-electron chi connectivity index (χ3n) is 1.99. The smallest absolute Gasteiger partial charge is 0.0796 e. The molecule has 0 saturated carbocycles. The molecular weight excluding hydrogens is 355 g/mol. The predicted molar refractivity (Wildman–Crippen MR) is 72.0 cm³/mol. The quantitative estimate of drug-likeness (QED) is 0.426. The van der Waals surface area contributed by atoms with Gasteiger partial charge in [0.2, 0.25) is 0 Å². The minimum Gasteiger partial charge on any atom is -0.374 e. The van der Waals surface area contributed by atoms with E-state index in [0.29, 0.717) is 0 Å². The van der Waals surface area contributed by atoms with Gasteiger partial charge in [0.05, 0.1) is 6.10 Å². The summed E-state index contributed by atoms with van der Waals surface area (Å²) in [6.45, 7) is 2.94. The van der Waals surface area contributed by atoms with Crippen molar-refractivity contribution in [3.63, 3.8) is 0 Å². The van der Waals surface area contributed by atoms with Crippen LogP contribution in [0.25, 0.3) is 0 Å². The van der Waals surface area contributed by atoms with Crippen LogP contribution in [0.2, 0.25) is 0 Å². The van der Waals surface area contributed by atoms with E-state index in [0.717, 1.165) is 21.9 Å². The van der Waals surface area contributed by atoms with E-state index in [4.69, 9.17) is 4.74 Å². The van der Waals surface area contributed by atoms with Crippen LogP contribution in [-0.2, 0) is 4.74 Å². The number of halogens is 2. The van der Waals surface area contributed by atoms with Crippen LogP contribution in [0.5, 0.6) is 0 Å². The minimum atomic E-state index is 0.200. The van der Waals surface area contributed by atoms with Crippen molar-refractivity contribution >= 4 is 38.5 Å². The van der Waals surface area contributed by atoms with Gasteiger partial charge in [-0.2, -0.15) is 0 Å². The van der Waals surface area contributed by atoms with E-state index in [-0.39, 0.29) is 6.10 Å². The molecule has 1 unspecified atom stereocenters. The molecule has 78 valence electrons. The van der Waals surface area contributed by atoms with Crippen LogP contribution in [-0.4, -0.2) is 11.0 Å². The van der Waals surface area contributed by atoms with Crippen molar-refractivity contribution in [2.24, 2.45) is 0 Å². The Kier molecular flexibility index (Phi) is 6.05. The molecule has 0 aliphatic rings. The van der Waals surface area contributed by atoms with Gasteiger partial charge >= 0.3 is 0 Å². The monoisotopic (exact) mass is 368 g/mol. The second-order valence-electron chi connectivity index (χ2n) is 3.11. The molecule has 0 fully saturated rings. The van der Waals surface area contributed by atoms with E-state index >= 15 is 0 Å². The Balaban J connectivity index is 2.43. The highest BCUT2D eigenvalue weighted by molar-refractivity contribution is 14.1. The lowest BCUT2D eigenvalue weighted by Crippen LogP contribution is -2.01. The van der Waals surface area contributed by atoms with E-state index in [1.165, 1.54) is 5.56 Å². The van der Waals surface area contributed by atoms with Gasteiger partial charge in [0.25, 0.3) is 0 Å². The Labute approximate surface area is 107 Å². The fourth-order valence-electron chi connectivity index (χ4n) is 1.14. The SMILES string of the molecule is CC(OCCCI)c1ccc(Br)cc1. The van der Waals surface area contributed by atoms with Gasteiger partial charge in [-0.3, -0.25) is 0 Å². The third kappa shape index (κ3) is 4.28. The minimum absolute atomic E-state index is 0.200. The first kappa shape index (κ1) is 12.5. The number of benzene rings is 1. The van der Waals surface area contributed by atoms with Crippen LogP contribution in [0.3, 0.4) is 0 Å². The third-order valence-corrected chi connectivity index (χ3v) is 3.28. The van der Waals surface area contributed by atoms with E-state index in [1.807, 2.05) is 12.1 Å². The van der Waals surface area contributed by atoms with Gasteiger partial charge in [-0.05, 0) is 31.0 Å². The number of hydrogen-bond donors (Lipinski definition) is 0. The lowest BCUT2D eigenvalue weighted by atomic mass is 10.1. The Bertz CT molecular complexity index is 260. The molecule has 1 aromatic carbocycles. The number of rotatable bonds is 5. The summed E-state index contributed by atoms with van der Waals surface area (Å²) in [5.74, 6) is 0. The van der Waals surface area contributed by atoms with Gasteiger partial charge in [-0.1, -0.05) is 50.7 Å².